The van der Waals surface area contributed by atoms with Gasteiger partial charge in [0.1, 0.15) is 5.82 Å². The SMILES string of the molecule is Cc1cc(Br)ccc1Nc1cc(-c2ccccc2)nc(NCCN(C)C)n1. The molecular weight excluding hydrogens is 402 g/mol. The summed E-state index contributed by atoms with van der Waals surface area (Å²) in [5, 5.41) is 6.75. The summed E-state index contributed by atoms with van der Waals surface area (Å²) < 4.78 is 1.06. The van der Waals surface area contributed by atoms with E-state index in [1.54, 1.807) is 0 Å². The summed E-state index contributed by atoms with van der Waals surface area (Å²) in [4.78, 5) is 11.5. The summed E-state index contributed by atoms with van der Waals surface area (Å²) in [6.45, 7) is 3.76. The van der Waals surface area contributed by atoms with Gasteiger partial charge in [0.25, 0.3) is 0 Å². The van der Waals surface area contributed by atoms with Crippen LogP contribution in [0.25, 0.3) is 11.3 Å². The van der Waals surface area contributed by atoms with E-state index in [0.29, 0.717) is 5.95 Å². The van der Waals surface area contributed by atoms with Gasteiger partial charge in [0.2, 0.25) is 5.95 Å². The zero-order valence-corrected chi connectivity index (χ0v) is 17.4. The minimum atomic E-state index is 0.621. The van der Waals surface area contributed by atoms with Crippen molar-refractivity contribution in [2.75, 3.05) is 37.8 Å². The molecule has 140 valence electrons. The van der Waals surface area contributed by atoms with Gasteiger partial charge < -0.3 is 15.5 Å². The van der Waals surface area contributed by atoms with E-state index in [4.69, 9.17) is 4.98 Å². The topological polar surface area (TPSA) is 53.1 Å². The minimum absolute atomic E-state index is 0.621. The van der Waals surface area contributed by atoms with Crippen LogP contribution < -0.4 is 10.6 Å². The summed E-state index contributed by atoms with van der Waals surface area (Å²) in [6, 6.07) is 18.3. The number of likely N-dealkylation sites (N-methyl/N-ethyl adjacent to an activating group) is 1. The number of aromatic nitrogens is 2. The second kappa shape index (κ2) is 8.97. The number of hydrogen-bond donors (Lipinski definition) is 2. The molecule has 2 aromatic carbocycles. The molecule has 0 saturated heterocycles. The van der Waals surface area contributed by atoms with Crippen LogP contribution in [0.2, 0.25) is 0 Å². The van der Waals surface area contributed by atoms with Crippen LogP contribution in [0.1, 0.15) is 5.56 Å². The van der Waals surface area contributed by atoms with Crippen molar-refractivity contribution in [3.8, 4) is 11.3 Å². The van der Waals surface area contributed by atoms with Gasteiger partial charge in [0.05, 0.1) is 5.69 Å². The van der Waals surface area contributed by atoms with Crippen molar-refractivity contribution in [3.05, 3.63) is 64.6 Å². The number of nitrogens with zero attached hydrogens (tertiary/aromatic N) is 3. The maximum absolute atomic E-state index is 4.69. The Morgan fingerprint density at radius 3 is 2.48 bits per heavy atom. The number of rotatable bonds is 7. The molecule has 0 atom stereocenters. The molecule has 1 aromatic heterocycles. The molecule has 3 rings (SSSR count). The molecule has 0 fully saturated rings. The lowest BCUT2D eigenvalue weighted by molar-refractivity contribution is 0.425. The maximum atomic E-state index is 4.69. The molecule has 27 heavy (non-hydrogen) atoms. The van der Waals surface area contributed by atoms with Gasteiger partial charge in [0.15, 0.2) is 0 Å². The summed E-state index contributed by atoms with van der Waals surface area (Å²) in [7, 11) is 4.10. The first-order valence-electron chi connectivity index (χ1n) is 8.87. The van der Waals surface area contributed by atoms with Crippen LogP contribution in [0.5, 0.6) is 0 Å². The lowest BCUT2D eigenvalue weighted by Gasteiger charge is -2.14. The largest absolute Gasteiger partial charge is 0.353 e. The standard InChI is InChI=1S/C21H24BrN5/c1-15-13-17(22)9-10-18(15)24-20-14-19(16-7-5-4-6-8-16)25-21(26-20)23-11-12-27(2)3/h4-10,13-14H,11-12H2,1-3H3,(H2,23,24,25,26). The van der Waals surface area contributed by atoms with E-state index in [0.717, 1.165) is 45.9 Å². The molecule has 0 aliphatic carbocycles. The lowest BCUT2D eigenvalue weighted by Crippen LogP contribution is -2.21. The Hall–Kier alpha value is -2.44. The van der Waals surface area contributed by atoms with Crippen molar-refractivity contribution in [3.63, 3.8) is 0 Å². The fourth-order valence-electron chi connectivity index (χ4n) is 2.64. The van der Waals surface area contributed by atoms with E-state index < -0.39 is 0 Å². The predicted octanol–water partition coefficient (Wildman–Crippen LogP) is 4.93. The van der Waals surface area contributed by atoms with E-state index in [1.807, 2.05) is 50.5 Å². The molecule has 5 nitrogen and oxygen atoms in total. The van der Waals surface area contributed by atoms with Crippen molar-refractivity contribution in [1.82, 2.24) is 14.9 Å². The Labute approximate surface area is 169 Å². The quantitative estimate of drug-likeness (QED) is 0.561. The minimum Gasteiger partial charge on any atom is -0.353 e. The van der Waals surface area contributed by atoms with Gasteiger partial charge in [-0.2, -0.15) is 4.98 Å². The molecule has 0 radical (unpaired) electrons. The second-order valence-corrected chi connectivity index (χ2v) is 7.56. The second-order valence-electron chi connectivity index (χ2n) is 6.64. The normalized spacial score (nSPS) is 10.9. The third-order valence-corrected chi connectivity index (χ3v) is 4.58. The van der Waals surface area contributed by atoms with Gasteiger partial charge in [-0.3, -0.25) is 0 Å². The highest BCUT2D eigenvalue weighted by atomic mass is 79.9. The molecule has 0 unspecified atom stereocenters. The Morgan fingerprint density at radius 2 is 1.78 bits per heavy atom. The average Bonchev–Trinajstić information content (AvgIpc) is 2.64. The van der Waals surface area contributed by atoms with Gasteiger partial charge in [-0.1, -0.05) is 46.3 Å². The van der Waals surface area contributed by atoms with E-state index in [-0.39, 0.29) is 0 Å². The summed E-state index contributed by atoms with van der Waals surface area (Å²) in [5.74, 6) is 1.39. The van der Waals surface area contributed by atoms with Gasteiger partial charge in [-0.15, -0.1) is 0 Å². The number of halogens is 1. The molecule has 0 aliphatic rings. The molecule has 0 amide bonds. The molecule has 3 aromatic rings. The molecule has 0 aliphatic heterocycles. The molecule has 0 spiro atoms. The van der Waals surface area contributed by atoms with Crippen molar-refractivity contribution in [2.45, 2.75) is 6.92 Å². The number of anilines is 3. The third-order valence-electron chi connectivity index (χ3n) is 4.09. The van der Waals surface area contributed by atoms with Crippen molar-refractivity contribution in [1.29, 1.82) is 0 Å². The molecule has 2 N–H and O–H groups in total. The average molecular weight is 426 g/mol. The first-order chi connectivity index (χ1) is 13.0. The number of benzene rings is 2. The first kappa shape index (κ1) is 19.3. The Morgan fingerprint density at radius 1 is 1.00 bits per heavy atom. The van der Waals surface area contributed by atoms with E-state index >= 15 is 0 Å². The molecule has 6 heteroatoms. The van der Waals surface area contributed by atoms with Gasteiger partial charge >= 0.3 is 0 Å². The predicted molar refractivity (Wildman–Crippen MR) is 117 cm³/mol. The highest BCUT2D eigenvalue weighted by Gasteiger charge is 2.08. The van der Waals surface area contributed by atoms with Crippen LogP contribution in [0.3, 0.4) is 0 Å². The van der Waals surface area contributed by atoms with E-state index in [9.17, 15) is 0 Å². The molecule has 0 saturated carbocycles. The zero-order chi connectivity index (χ0) is 19.2. The van der Waals surface area contributed by atoms with Crippen LogP contribution in [0, 0.1) is 6.92 Å². The zero-order valence-electron chi connectivity index (χ0n) is 15.8. The van der Waals surface area contributed by atoms with Crippen LogP contribution in [-0.4, -0.2) is 42.1 Å². The summed E-state index contributed by atoms with van der Waals surface area (Å²) in [6.07, 6.45) is 0. The van der Waals surface area contributed by atoms with Crippen molar-refractivity contribution >= 4 is 33.4 Å². The monoisotopic (exact) mass is 425 g/mol. The highest BCUT2D eigenvalue weighted by molar-refractivity contribution is 9.10. The van der Waals surface area contributed by atoms with Crippen LogP contribution in [-0.2, 0) is 0 Å². The number of nitrogens with one attached hydrogen (secondary N) is 2. The molecular formula is C21H24BrN5. The van der Waals surface area contributed by atoms with E-state index in [2.05, 4.69) is 61.6 Å². The van der Waals surface area contributed by atoms with Crippen LogP contribution >= 0.6 is 15.9 Å². The summed E-state index contributed by atoms with van der Waals surface area (Å²) in [5.41, 5.74) is 4.11. The van der Waals surface area contributed by atoms with Gasteiger partial charge in [-0.05, 0) is 44.8 Å². The molecule has 0 bridgehead atoms. The molecule has 1 heterocycles. The van der Waals surface area contributed by atoms with Crippen LogP contribution in [0.15, 0.2) is 59.1 Å². The lowest BCUT2D eigenvalue weighted by atomic mass is 10.1. The third kappa shape index (κ3) is 5.52. The fraction of sp³-hybridized carbons (Fsp3) is 0.238. The number of aryl methyl sites for hydroxylation is 1. The summed E-state index contributed by atoms with van der Waals surface area (Å²) >= 11 is 3.51. The van der Waals surface area contributed by atoms with Crippen molar-refractivity contribution < 1.29 is 0 Å². The van der Waals surface area contributed by atoms with Crippen molar-refractivity contribution in [2.24, 2.45) is 0 Å². The van der Waals surface area contributed by atoms with E-state index in [1.165, 1.54) is 0 Å². The Balaban J connectivity index is 1.91. The fourth-order valence-corrected chi connectivity index (χ4v) is 3.12. The Kier molecular flexibility index (Phi) is 6.42. The van der Waals surface area contributed by atoms with Gasteiger partial charge in [-0.25, -0.2) is 4.98 Å². The highest BCUT2D eigenvalue weighted by Crippen LogP contribution is 2.26. The smallest absolute Gasteiger partial charge is 0.225 e. The van der Waals surface area contributed by atoms with Crippen LogP contribution in [0.4, 0.5) is 17.5 Å². The van der Waals surface area contributed by atoms with Gasteiger partial charge in [0, 0.05) is 34.9 Å². The number of hydrogen-bond acceptors (Lipinski definition) is 5. The Bertz CT molecular complexity index is 896. The maximum Gasteiger partial charge on any atom is 0.225 e. The first-order valence-corrected chi connectivity index (χ1v) is 9.67.